The highest BCUT2D eigenvalue weighted by Gasteiger charge is 2.31. The monoisotopic (exact) mass is 332 g/mol. The molecule has 1 aliphatic heterocycles. The average Bonchev–Trinajstić information content (AvgIpc) is 3.04. The van der Waals surface area contributed by atoms with E-state index in [4.69, 9.17) is 5.11 Å². The van der Waals surface area contributed by atoms with Gasteiger partial charge in [-0.05, 0) is 25.0 Å². The van der Waals surface area contributed by atoms with Crippen molar-refractivity contribution in [3.63, 3.8) is 0 Å². The molecule has 1 aromatic rings. The smallest absolute Gasteiger partial charge is 0.345 e. The molecule has 0 aromatic carbocycles. The van der Waals surface area contributed by atoms with Crippen LogP contribution in [0.25, 0.3) is 0 Å². The molecular formula is C12H16N2O5S2. The summed E-state index contributed by atoms with van der Waals surface area (Å²) in [4.78, 5) is 23.1. The number of amides is 1. The lowest BCUT2D eigenvalue weighted by atomic mass is 10.2. The number of nitrogens with zero attached hydrogens (tertiary/aromatic N) is 1. The van der Waals surface area contributed by atoms with E-state index in [0.717, 1.165) is 24.0 Å². The molecule has 2 N–H and O–H groups in total. The van der Waals surface area contributed by atoms with Gasteiger partial charge in [-0.3, -0.25) is 4.79 Å². The minimum atomic E-state index is -3.26. The van der Waals surface area contributed by atoms with Crippen LogP contribution >= 0.6 is 11.3 Å². The number of hydrogen-bond donors (Lipinski definition) is 2. The van der Waals surface area contributed by atoms with Gasteiger partial charge in [0, 0.05) is 19.1 Å². The summed E-state index contributed by atoms with van der Waals surface area (Å²) in [6.45, 7) is 0.702. The fourth-order valence-corrected chi connectivity index (χ4v) is 4.27. The number of carboxylic acids is 1. The summed E-state index contributed by atoms with van der Waals surface area (Å²) in [5.74, 6) is -1.45. The highest BCUT2D eigenvalue weighted by molar-refractivity contribution is 7.88. The van der Waals surface area contributed by atoms with Gasteiger partial charge in [0.2, 0.25) is 10.0 Å². The minimum absolute atomic E-state index is 0.0961. The molecule has 0 bridgehead atoms. The Balaban J connectivity index is 1.96. The quantitative estimate of drug-likeness (QED) is 0.822. The van der Waals surface area contributed by atoms with E-state index in [1.807, 2.05) is 0 Å². The van der Waals surface area contributed by atoms with Crippen LogP contribution in [-0.4, -0.2) is 55.1 Å². The average molecular weight is 332 g/mol. The van der Waals surface area contributed by atoms with Gasteiger partial charge in [-0.1, -0.05) is 0 Å². The van der Waals surface area contributed by atoms with Crippen LogP contribution in [0.1, 0.15) is 32.2 Å². The molecule has 0 unspecified atom stereocenters. The Hall–Kier alpha value is -1.45. The third-order valence-corrected chi connectivity index (χ3v) is 5.69. The second kappa shape index (κ2) is 6.12. The number of rotatable bonds is 5. The normalized spacial score (nSPS) is 19.6. The third kappa shape index (κ3) is 3.80. The van der Waals surface area contributed by atoms with Crippen molar-refractivity contribution in [2.24, 2.45) is 0 Å². The van der Waals surface area contributed by atoms with Crippen LogP contribution in [0.4, 0.5) is 0 Å². The molecule has 1 atom stereocenters. The molecule has 1 aromatic heterocycles. The largest absolute Gasteiger partial charge is 0.477 e. The number of nitrogens with one attached hydrogen (secondary N) is 1. The molecule has 1 aliphatic rings. The summed E-state index contributed by atoms with van der Waals surface area (Å²) in [5.41, 5.74) is 0. The molecule has 1 fully saturated rings. The molecule has 0 aliphatic carbocycles. The van der Waals surface area contributed by atoms with Crippen molar-refractivity contribution in [3.8, 4) is 0 Å². The Kier molecular flexibility index (Phi) is 4.64. The van der Waals surface area contributed by atoms with Crippen molar-refractivity contribution in [2.45, 2.75) is 18.9 Å². The van der Waals surface area contributed by atoms with Gasteiger partial charge >= 0.3 is 5.97 Å². The number of carboxylic acid groups (broad SMARTS) is 1. The molecule has 21 heavy (non-hydrogen) atoms. The molecule has 2 rings (SSSR count). The maximum absolute atomic E-state index is 11.9. The summed E-state index contributed by atoms with van der Waals surface area (Å²) in [6, 6.07) is 2.59. The fraction of sp³-hybridized carbons (Fsp3) is 0.500. The SMILES string of the molecule is CS(=O)(=O)N1CCC[C@@H]1CNC(=O)c1ccc(C(=O)O)s1. The van der Waals surface area contributed by atoms with Crippen LogP contribution in [0.15, 0.2) is 12.1 Å². The van der Waals surface area contributed by atoms with Crippen LogP contribution in [0.2, 0.25) is 0 Å². The standard InChI is InChI=1S/C12H16N2O5S2/c1-21(18,19)14-6-2-3-8(14)7-13-11(15)9-4-5-10(20-9)12(16)17/h4-5,8H,2-3,6-7H2,1H3,(H,13,15)(H,16,17)/t8-/m1/s1. The maximum atomic E-state index is 11.9. The summed E-state index contributed by atoms with van der Waals surface area (Å²) in [5, 5.41) is 11.5. The van der Waals surface area contributed by atoms with E-state index in [1.54, 1.807) is 0 Å². The van der Waals surface area contributed by atoms with E-state index in [9.17, 15) is 18.0 Å². The Bertz CT molecular complexity index is 652. The first-order valence-electron chi connectivity index (χ1n) is 6.37. The van der Waals surface area contributed by atoms with E-state index in [0.29, 0.717) is 17.8 Å². The second-order valence-corrected chi connectivity index (χ2v) is 7.87. The maximum Gasteiger partial charge on any atom is 0.345 e. The first kappa shape index (κ1) is 15.9. The Morgan fingerprint density at radius 1 is 1.43 bits per heavy atom. The van der Waals surface area contributed by atoms with Crippen molar-refractivity contribution in [2.75, 3.05) is 19.3 Å². The summed E-state index contributed by atoms with van der Waals surface area (Å²) < 4.78 is 24.6. The molecule has 116 valence electrons. The van der Waals surface area contributed by atoms with Gasteiger partial charge in [0.05, 0.1) is 11.1 Å². The molecular weight excluding hydrogens is 316 g/mol. The fourth-order valence-electron chi connectivity index (χ4n) is 2.32. The Morgan fingerprint density at radius 3 is 2.67 bits per heavy atom. The molecule has 7 nitrogen and oxygen atoms in total. The zero-order chi connectivity index (χ0) is 15.6. The molecule has 1 saturated heterocycles. The predicted molar refractivity (Wildman–Crippen MR) is 78.2 cm³/mol. The number of carbonyl (C=O) groups is 2. The van der Waals surface area contributed by atoms with E-state index in [1.165, 1.54) is 16.4 Å². The second-order valence-electron chi connectivity index (χ2n) is 4.85. The number of aromatic carboxylic acids is 1. The molecule has 0 spiro atoms. The van der Waals surface area contributed by atoms with Crippen LogP contribution in [0, 0.1) is 0 Å². The Labute approximate surface area is 126 Å². The van der Waals surface area contributed by atoms with Gasteiger partial charge in [-0.15, -0.1) is 11.3 Å². The summed E-state index contributed by atoms with van der Waals surface area (Å²) in [7, 11) is -3.26. The first-order valence-corrected chi connectivity index (χ1v) is 9.03. The lowest BCUT2D eigenvalue weighted by Gasteiger charge is -2.22. The van der Waals surface area contributed by atoms with Gasteiger partial charge < -0.3 is 10.4 Å². The van der Waals surface area contributed by atoms with Crippen LogP contribution in [0.5, 0.6) is 0 Å². The third-order valence-electron chi connectivity index (χ3n) is 3.29. The lowest BCUT2D eigenvalue weighted by molar-refractivity contribution is 0.0702. The topological polar surface area (TPSA) is 104 Å². The minimum Gasteiger partial charge on any atom is -0.477 e. The number of thiophene rings is 1. The van der Waals surface area contributed by atoms with Gasteiger partial charge in [0.25, 0.3) is 5.91 Å². The van der Waals surface area contributed by atoms with E-state index in [2.05, 4.69) is 5.32 Å². The number of carbonyl (C=O) groups excluding carboxylic acids is 1. The van der Waals surface area contributed by atoms with Crippen molar-refractivity contribution < 1.29 is 23.1 Å². The molecule has 2 heterocycles. The van der Waals surface area contributed by atoms with Crippen LogP contribution in [-0.2, 0) is 10.0 Å². The summed E-state index contributed by atoms with van der Waals surface area (Å²) >= 11 is 0.894. The summed E-state index contributed by atoms with van der Waals surface area (Å²) in [6.07, 6.45) is 2.64. The van der Waals surface area contributed by atoms with Gasteiger partial charge in [0.15, 0.2) is 0 Å². The number of sulfonamides is 1. The van der Waals surface area contributed by atoms with Crippen molar-refractivity contribution in [1.82, 2.24) is 9.62 Å². The number of hydrogen-bond acceptors (Lipinski definition) is 5. The van der Waals surface area contributed by atoms with Gasteiger partial charge in [-0.2, -0.15) is 4.31 Å². The van der Waals surface area contributed by atoms with Crippen LogP contribution in [0.3, 0.4) is 0 Å². The lowest BCUT2D eigenvalue weighted by Crippen LogP contribution is -2.42. The zero-order valence-electron chi connectivity index (χ0n) is 11.4. The van der Waals surface area contributed by atoms with Crippen LogP contribution < -0.4 is 5.32 Å². The highest BCUT2D eigenvalue weighted by Crippen LogP contribution is 2.20. The molecule has 9 heteroatoms. The molecule has 0 radical (unpaired) electrons. The van der Waals surface area contributed by atoms with Gasteiger partial charge in [-0.25, -0.2) is 13.2 Å². The zero-order valence-corrected chi connectivity index (χ0v) is 13.0. The highest BCUT2D eigenvalue weighted by atomic mass is 32.2. The van der Waals surface area contributed by atoms with E-state index in [-0.39, 0.29) is 23.4 Å². The first-order chi connectivity index (χ1) is 9.79. The Morgan fingerprint density at radius 2 is 2.10 bits per heavy atom. The molecule has 1 amide bonds. The van der Waals surface area contributed by atoms with Crippen molar-refractivity contribution in [1.29, 1.82) is 0 Å². The predicted octanol–water partition coefficient (Wildman–Crippen LogP) is 0.600. The van der Waals surface area contributed by atoms with Crippen molar-refractivity contribution >= 4 is 33.2 Å². The van der Waals surface area contributed by atoms with E-state index < -0.39 is 16.0 Å². The molecule has 0 saturated carbocycles. The van der Waals surface area contributed by atoms with Gasteiger partial charge in [0.1, 0.15) is 4.88 Å². The van der Waals surface area contributed by atoms with E-state index >= 15 is 0 Å². The van der Waals surface area contributed by atoms with Crippen molar-refractivity contribution in [3.05, 3.63) is 21.9 Å².